The van der Waals surface area contributed by atoms with Crippen LogP contribution in [0.3, 0.4) is 0 Å². The van der Waals surface area contributed by atoms with Crippen molar-refractivity contribution < 1.29 is 19.1 Å². The van der Waals surface area contributed by atoms with E-state index < -0.39 is 5.91 Å². The second kappa shape index (κ2) is 14.7. The molecule has 0 atom stereocenters. The number of ether oxygens (including phenoxy) is 2. The molecule has 11 nitrogen and oxygen atoms in total. The predicted molar refractivity (Wildman–Crippen MR) is 204 cm³/mol. The molecule has 6 aromatic rings. The van der Waals surface area contributed by atoms with Gasteiger partial charge in [0.25, 0.3) is 11.8 Å². The summed E-state index contributed by atoms with van der Waals surface area (Å²) in [6.07, 6.45) is 2.79. The number of nitrogens with two attached hydrogens (primary N) is 1. The van der Waals surface area contributed by atoms with Gasteiger partial charge in [-0.3, -0.25) is 9.59 Å². The molecule has 13 heteroatoms. The maximum atomic E-state index is 14.5. The lowest BCUT2D eigenvalue weighted by atomic mass is 9.97. The van der Waals surface area contributed by atoms with E-state index >= 15 is 0 Å². The van der Waals surface area contributed by atoms with Crippen LogP contribution < -0.4 is 20.5 Å². The molecule has 1 fully saturated rings. The Morgan fingerprint density at radius 1 is 0.788 bits per heavy atom. The third-order valence-electron chi connectivity index (χ3n) is 8.84. The molecule has 4 aromatic heterocycles. The molecule has 3 N–H and O–H groups in total. The summed E-state index contributed by atoms with van der Waals surface area (Å²) in [5.41, 5.74) is 10.0. The zero-order valence-electron chi connectivity index (χ0n) is 28.5. The molecule has 7 rings (SSSR count). The molecule has 0 spiro atoms. The van der Waals surface area contributed by atoms with Crippen LogP contribution in [0.25, 0.3) is 42.7 Å². The maximum Gasteiger partial charge on any atom is 0.268 e. The number of thiophene rings is 2. The number of carbonyl (C=O) groups is 2. The number of rotatable bonds is 9. The van der Waals surface area contributed by atoms with Gasteiger partial charge in [0.1, 0.15) is 42.7 Å². The number of hydrogen-bond acceptors (Lipinski definition) is 11. The van der Waals surface area contributed by atoms with Crippen molar-refractivity contribution in [2.75, 3.05) is 37.4 Å². The van der Waals surface area contributed by atoms with Gasteiger partial charge in [-0.25, -0.2) is 9.97 Å². The van der Waals surface area contributed by atoms with Gasteiger partial charge in [0.2, 0.25) is 11.8 Å². The van der Waals surface area contributed by atoms with Gasteiger partial charge in [0, 0.05) is 35.0 Å². The molecule has 1 saturated heterocycles. The molecule has 2 amide bonds. The zero-order valence-corrected chi connectivity index (χ0v) is 30.1. The molecule has 260 valence electrons. The number of benzene rings is 2. The lowest BCUT2D eigenvalue weighted by molar-refractivity contribution is 0.0730. The van der Waals surface area contributed by atoms with Crippen molar-refractivity contribution in [2.45, 2.75) is 33.1 Å². The molecule has 5 heterocycles. The van der Waals surface area contributed by atoms with Gasteiger partial charge in [-0.15, -0.1) is 22.7 Å². The molecule has 0 radical (unpaired) electrons. The Bertz CT molecular complexity index is 2420. The lowest BCUT2D eigenvalue weighted by Gasteiger charge is -2.26. The minimum Gasteiger partial charge on any atom is -0.477 e. The minimum atomic E-state index is -0.574. The normalized spacial score (nSPS) is 12.7. The van der Waals surface area contributed by atoms with E-state index in [1.165, 1.54) is 0 Å². The maximum absolute atomic E-state index is 14.5. The Morgan fingerprint density at radius 3 is 1.81 bits per heavy atom. The fourth-order valence-corrected chi connectivity index (χ4v) is 8.66. The predicted octanol–water partition coefficient (Wildman–Crippen LogP) is 8.24. The highest BCUT2D eigenvalue weighted by Crippen LogP contribution is 2.47. The van der Waals surface area contributed by atoms with Crippen molar-refractivity contribution in [1.29, 1.82) is 10.5 Å². The molecule has 52 heavy (non-hydrogen) atoms. The smallest absolute Gasteiger partial charge is 0.268 e. The van der Waals surface area contributed by atoms with Crippen molar-refractivity contribution in [2.24, 2.45) is 0 Å². The molecular weight excluding hydrogens is 695 g/mol. The zero-order chi connectivity index (χ0) is 36.4. The largest absolute Gasteiger partial charge is 0.477 e. The van der Waals surface area contributed by atoms with Crippen LogP contribution in [0.15, 0.2) is 60.7 Å². The first kappa shape index (κ1) is 34.4. The first-order valence-electron chi connectivity index (χ1n) is 16.9. The first-order valence-corrected chi connectivity index (χ1v) is 18.6. The Hall–Kier alpha value is -6.02. The van der Waals surface area contributed by atoms with Gasteiger partial charge in [-0.2, -0.15) is 10.5 Å². The molecule has 0 bridgehead atoms. The first-order chi connectivity index (χ1) is 25.4. The molecule has 2 aromatic carbocycles. The number of amides is 2. The fraction of sp³-hybridized carbons (Fsp3) is 0.231. The molecule has 0 aliphatic carbocycles. The van der Waals surface area contributed by atoms with E-state index in [9.17, 15) is 20.1 Å². The highest BCUT2D eigenvalue weighted by atomic mass is 32.1. The monoisotopic (exact) mass is 727 g/mol. The van der Waals surface area contributed by atoms with E-state index in [2.05, 4.69) is 22.4 Å². The van der Waals surface area contributed by atoms with E-state index in [0.717, 1.165) is 47.5 Å². The number of pyridine rings is 2. The van der Waals surface area contributed by atoms with Crippen molar-refractivity contribution in [1.82, 2.24) is 14.9 Å². The van der Waals surface area contributed by atoms with Crippen LogP contribution in [0, 0.1) is 22.7 Å². The number of anilines is 2. The minimum absolute atomic E-state index is 0.143. The number of fused-ring (bicyclic) bond motifs is 2. The molecule has 1 aliphatic rings. The highest BCUT2D eigenvalue weighted by Gasteiger charge is 2.32. The number of likely N-dealkylation sites (tertiary alicyclic amines) is 1. The van der Waals surface area contributed by atoms with Gasteiger partial charge >= 0.3 is 0 Å². The van der Waals surface area contributed by atoms with Crippen molar-refractivity contribution in [3.05, 3.63) is 81.5 Å². The molecule has 1 aliphatic heterocycles. The lowest BCUT2D eigenvalue weighted by Crippen LogP contribution is -2.35. The van der Waals surface area contributed by atoms with Gasteiger partial charge in [-0.1, -0.05) is 60.7 Å². The second-order valence-electron chi connectivity index (χ2n) is 12.0. The van der Waals surface area contributed by atoms with Gasteiger partial charge in [0.05, 0.1) is 24.6 Å². The second-order valence-corrected chi connectivity index (χ2v) is 14.0. The third kappa shape index (κ3) is 6.04. The Labute approximate surface area is 307 Å². The summed E-state index contributed by atoms with van der Waals surface area (Å²) < 4.78 is 11.6. The fourth-order valence-electron chi connectivity index (χ4n) is 6.57. The van der Waals surface area contributed by atoms with Crippen LogP contribution in [-0.2, 0) is 0 Å². The number of carbonyl (C=O) groups excluding carboxylic acids is 2. The van der Waals surface area contributed by atoms with Crippen LogP contribution in [0.2, 0.25) is 0 Å². The number of aromatic nitrogens is 2. The summed E-state index contributed by atoms with van der Waals surface area (Å²) in [7, 11) is 0. The summed E-state index contributed by atoms with van der Waals surface area (Å²) >= 11 is 2.22. The van der Waals surface area contributed by atoms with Crippen LogP contribution in [-0.4, -0.2) is 53.0 Å². The SMILES string of the molecule is CCOc1nc2sc(C(=O)Nc3c(C(=O)N4CCCCC4)sc4nc(OCC)c(C#N)c(-c5ccccc5)c34)c(N)c2c(-c2ccccc2)c1C#N. The van der Waals surface area contributed by atoms with Crippen LogP contribution in [0.5, 0.6) is 11.8 Å². The average Bonchev–Trinajstić information content (AvgIpc) is 3.70. The summed E-state index contributed by atoms with van der Waals surface area (Å²) in [6.45, 7) is 5.35. The number of nitriles is 2. The van der Waals surface area contributed by atoms with E-state index in [1.807, 2.05) is 67.6 Å². The van der Waals surface area contributed by atoms with Crippen LogP contribution in [0.4, 0.5) is 11.4 Å². The van der Waals surface area contributed by atoms with Crippen molar-refractivity contribution in [3.63, 3.8) is 0 Å². The van der Waals surface area contributed by atoms with Crippen molar-refractivity contribution in [3.8, 4) is 46.2 Å². The summed E-state index contributed by atoms with van der Waals surface area (Å²) in [5, 5.41) is 24.7. The molecule has 0 saturated carbocycles. The van der Waals surface area contributed by atoms with Gasteiger partial charge in [0.15, 0.2) is 0 Å². The molecule has 0 unspecified atom stereocenters. The van der Waals surface area contributed by atoms with Crippen LogP contribution in [0.1, 0.15) is 63.6 Å². The summed E-state index contributed by atoms with van der Waals surface area (Å²) in [4.78, 5) is 41.3. The van der Waals surface area contributed by atoms with E-state index in [0.29, 0.717) is 55.1 Å². The number of nitrogens with zero attached hydrogens (tertiary/aromatic N) is 5. The Kier molecular flexibility index (Phi) is 9.72. The van der Waals surface area contributed by atoms with E-state index in [-0.39, 0.29) is 58.3 Å². The quantitative estimate of drug-likeness (QED) is 0.149. The Balaban J connectivity index is 1.46. The summed E-state index contributed by atoms with van der Waals surface area (Å²) in [5.74, 6) is -0.504. The number of nitrogen functional groups attached to an aromatic ring is 1. The Morgan fingerprint density at radius 2 is 1.29 bits per heavy atom. The number of piperidine rings is 1. The molecular formula is C39H33N7O4S2. The van der Waals surface area contributed by atoms with Gasteiger partial charge in [-0.05, 0) is 44.2 Å². The van der Waals surface area contributed by atoms with Crippen molar-refractivity contribution >= 4 is 66.3 Å². The third-order valence-corrected chi connectivity index (χ3v) is 11.0. The van der Waals surface area contributed by atoms with E-state index in [1.54, 1.807) is 11.8 Å². The van der Waals surface area contributed by atoms with Gasteiger partial charge < -0.3 is 25.4 Å². The standard InChI is InChI=1S/C39H33N7O4S2/c1-3-49-35-24(20-40)26(22-14-8-5-9-15-22)28-30(42)32(51-37(28)44-35)34(47)43-31-29-27(23-16-10-6-11-17-23)25(21-41)36(50-4-2)45-38(29)52-33(31)39(48)46-18-12-7-13-19-46/h5-6,8-11,14-17H,3-4,7,12-13,18-19,42H2,1-2H3,(H,43,47). The summed E-state index contributed by atoms with van der Waals surface area (Å²) in [6, 6.07) is 23.1. The number of nitrogens with one attached hydrogen (secondary N) is 1. The number of hydrogen-bond donors (Lipinski definition) is 2. The van der Waals surface area contributed by atoms with E-state index in [4.69, 9.17) is 20.2 Å². The topological polar surface area (TPSA) is 167 Å². The average molecular weight is 728 g/mol. The highest BCUT2D eigenvalue weighted by molar-refractivity contribution is 7.22. The van der Waals surface area contributed by atoms with Crippen LogP contribution >= 0.6 is 22.7 Å².